The number of hydrogen-bond acceptors (Lipinski definition) is 13. The average Bonchev–Trinajstić information content (AvgIpc) is 3.58. The van der Waals surface area contributed by atoms with Crippen LogP contribution in [0.1, 0.15) is 137 Å². The van der Waals surface area contributed by atoms with Crippen LogP contribution in [0.25, 0.3) is 0 Å². The van der Waals surface area contributed by atoms with Gasteiger partial charge in [0.2, 0.25) is 18.3 Å². The molecule has 1 aromatic heterocycles. The molecule has 1 aliphatic heterocycles. The Hall–Kier alpha value is -3.88. The third-order valence-corrected chi connectivity index (χ3v) is 9.55. The fourth-order valence-corrected chi connectivity index (χ4v) is 5.98. The van der Waals surface area contributed by atoms with Gasteiger partial charge in [-0.15, -0.1) is 16.7 Å². The second-order valence-electron chi connectivity index (χ2n) is 18.3. The number of aliphatic hydroxyl groups is 1. The van der Waals surface area contributed by atoms with Gasteiger partial charge in [-0.1, -0.05) is 19.9 Å². The number of carbonyl (C=O) groups is 4. The number of aliphatic hydroxyl groups excluding tert-OH is 1. The van der Waals surface area contributed by atoms with Gasteiger partial charge in [0, 0.05) is 29.0 Å². The maximum absolute atomic E-state index is 14.0. The van der Waals surface area contributed by atoms with E-state index in [-0.39, 0.29) is 38.3 Å². The minimum Gasteiger partial charge on any atom is -0.494 e. The summed E-state index contributed by atoms with van der Waals surface area (Å²) in [4.78, 5) is 55.2. The van der Waals surface area contributed by atoms with Gasteiger partial charge in [-0.3, -0.25) is 23.9 Å². The van der Waals surface area contributed by atoms with Gasteiger partial charge in [0.1, 0.15) is 18.5 Å². The van der Waals surface area contributed by atoms with Crippen molar-refractivity contribution >= 4 is 35.5 Å². The van der Waals surface area contributed by atoms with Crippen LogP contribution in [0.15, 0.2) is 18.2 Å². The molecule has 1 aromatic carbocycles. The number of esters is 4. The molecule has 0 aliphatic carbocycles. The summed E-state index contributed by atoms with van der Waals surface area (Å²) in [7, 11) is 0. The second kappa shape index (κ2) is 20.3. The highest BCUT2D eigenvalue weighted by Gasteiger charge is 2.56. The van der Waals surface area contributed by atoms with Crippen molar-refractivity contribution in [1.82, 2.24) is 9.78 Å². The molecule has 1 aliphatic rings. The molecule has 60 heavy (non-hydrogen) atoms. The predicted octanol–water partition coefficient (Wildman–Crippen LogP) is 7.47. The van der Waals surface area contributed by atoms with Crippen molar-refractivity contribution in [3.63, 3.8) is 0 Å². The largest absolute Gasteiger partial charge is 0.494 e. The van der Waals surface area contributed by atoms with E-state index >= 15 is 0 Å². The smallest absolute Gasteiger partial charge is 0.311 e. The molecule has 0 spiro atoms. The molecule has 1 saturated heterocycles. The quantitative estimate of drug-likeness (QED) is 0.0763. The van der Waals surface area contributed by atoms with Crippen LogP contribution in [0.4, 0.5) is 0 Å². The topological polar surface area (TPSA) is 171 Å². The number of alkyl halides is 1. The van der Waals surface area contributed by atoms with E-state index in [0.29, 0.717) is 35.9 Å². The van der Waals surface area contributed by atoms with Crippen LogP contribution in [0, 0.1) is 28.6 Å². The molecular weight excluding hydrogens is 796 g/mol. The molecule has 14 nitrogen and oxygen atoms in total. The lowest BCUT2D eigenvalue weighted by atomic mass is 9.93. The minimum atomic E-state index is -1.75. The third kappa shape index (κ3) is 13.6. The normalized spacial score (nSPS) is 20.9. The first-order valence-corrected chi connectivity index (χ1v) is 20.7. The summed E-state index contributed by atoms with van der Waals surface area (Å²) in [6.45, 7) is 15.8. The van der Waals surface area contributed by atoms with Gasteiger partial charge in [-0.2, -0.15) is 0 Å². The molecular formula is C45H69ClN2O12. The molecule has 0 saturated carbocycles. The van der Waals surface area contributed by atoms with Crippen molar-refractivity contribution < 1.29 is 62.9 Å². The van der Waals surface area contributed by atoms with Crippen LogP contribution in [0.2, 0.25) is 0 Å². The Morgan fingerprint density at radius 1 is 0.867 bits per heavy atom. The molecule has 0 amide bonds. The Balaban J connectivity index is 2.36. The molecule has 338 valence electrons. The molecule has 1 unspecified atom stereocenters. The first-order valence-electron chi connectivity index (χ1n) is 23.0. The third-order valence-electron chi connectivity index (χ3n) is 9.28. The number of ether oxygens (including phenoxy) is 7. The number of aryl methyl sites for hydroxylation is 1. The maximum atomic E-state index is 14.0. The van der Waals surface area contributed by atoms with Crippen molar-refractivity contribution in [2.45, 2.75) is 160 Å². The Morgan fingerprint density at radius 3 is 1.93 bits per heavy atom. The Morgan fingerprint density at radius 2 is 1.42 bits per heavy atom. The number of nitrogens with zero attached hydrogens (tertiary/aromatic N) is 2. The SMILES string of the molecule is [2H]CC(C)(C)C(=O)OC[C@H]1OC(Oc2nn(CCO)c(C(C)C)c2Cc2ccc(OCCCCl)cc2C)[C@H](OC(=O)C(C)(C)C[2H])[C@@H](OC(=O)C(C)(C)C[2H])[C@@H]1OC(=O)C(C)(C)C[2H]. The minimum absolute atomic E-state index is 0.00165. The van der Waals surface area contributed by atoms with Crippen LogP contribution in [-0.4, -0.2) is 95.2 Å². The van der Waals surface area contributed by atoms with Crippen molar-refractivity contribution in [2.24, 2.45) is 21.7 Å². The van der Waals surface area contributed by atoms with Crippen LogP contribution < -0.4 is 9.47 Å². The van der Waals surface area contributed by atoms with Gasteiger partial charge in [0.25, 0.3) is 0 Å². The molecule has 15 heteroatoms. The molecule has 2 aromatic rings. The van der Waals surface area contributed by atoms with E-state index in [2.05, 4.69) is 0 Å². The number of halogens is 1. The van der Waals surface area contributed by atoms with Crippen molar-refractivity contribution in [2.75, 3.05) is 25.7 Å². The highest BCUT2D eigenvalue weighted by molar-refractivity contribution is 6.17. The Labute approximate surface area is 366 Å². The molecule has 1 N–H and O–H groups in total. The van der Waals surface area contributed by atoms with E-state index in [0.717, 1.165) is 11.1 Å². The summed E-state index contributed by atoms with van der Waals surface area (Å²) < 4.78 is 76.9. The molecule has 0 radical (unpaired) electrons. The van der Waals surface area contributed by atoms with Gasteiger partial charge in [0.15, 0.2) is 12.2 Å². The maximum Gasteiger partial charge on any atom is 0.311 e. The molecule has 0 bridgehead atoms. The highest BCUT2D eigenvalue weighted by atomic mass is 35.5. The number of benzene rings is 1. The summed E-state index contributed by atoms with van der Waals surface area (Å²) in [5.41, 5.74) is -2.45. The zero-order valence-electron chi connectivity index (χ0n) is 41.2. The van der Waals surface area contributed by atoms with Crippen LogP contribution in [0.5, 0.6) is 11.6 Å². The monoisotopic (exact) mass is 868 g/mol. The number of hydrogen-bond donors (Lipinski definition) is 1. The average molecular weight is 870 g/mol. The fourth-order valence-electron chi connectivity index (χ4n) is 5.88. The number of carbonyl (C=O) groups excluding carboxylic acids is 4. The standard InChI is InChI=1S/C45H69ClN2O12/c1-26(2)32-30(24-28-17-18-29(23-27(28)3)54-22-16-19-46)36(47-48(32)20-21-49)60-37-35(59-41(53)45(13,14)15)34(58-40(52)44(10,11)12)33(57-39(51)43(7,8)9)31(56-37)25-55-38(50)42(4,5)6/h17-18,23,26,31,33-35,37,49H,16,19-22,24-25H2,1-15H3/t31-,33-,34+,35-,37?/m1/s1/i4D,7D,10D,13D. The van der Waals surface area contributed by atoms with Crippen LogP contribution >= 0.6 is 11.6 Å². The first-order chi connectivity index (χ1) is 29.8. The lowest BCUT2D eigenvalue weighted by Crippen LogP contribution is -2.65. The van der Waals surface area contributed by atoms with Gasteiger partial charge in [0.05, 0.1) is 41.4 Å². The fraction of sp³-hybridized carbons (Fsp3) is 0.711. The summed E-state index contributed by atoms with van der Waals surface area (Å²) >= 11 is 5.85. The van der Waals surface area contributed by atoms with Crippen LogP contribution in [-0.2, 0) is 55.8 Å². The van der Waals surface area contributed by atoms with Gasteiger partial charge < -0.3 is 38.3 Å². The van der Waals surface area contributed by atoms with E-state index in [1.165, 1.54) is 55.4 Å². The predicted molar refractivity (Wildman–Crippen MR) is 226 cm³/mol. The lowest BCUT2D eigenvalue weighted by Gasteiger charge is -2.45. The molecule has 2 heterocycles. The van der Waals surface area contributed by atoms with Gasteiger partial charge >= 0.3 is 23.9 Å². The second-order valence-corrected chi connectivity index (χ2v) is 18.7. The molecule has 5 atom stereocenters. The van der Waals surface area contributed by atoms with Crippen molar-refractivity contribution in [3.05, 3.63) is 40.6 Å². The summed E-state index contributed by atoms with van der Waals surface area (Å²) in [6.07, 6.45) is -7.46. The Kier molecular flexibility index (Phi) is 15.0. The van der Waals surface area contributed by atoms with E-state index in [4.69, 9.17) is 55.3 Å². The molecule has 1 fully saturated rings. The summed E-state index contributed by atoms with van der Waals surface area (Å²) in [6, 6.07) is 5.66. The summed E-state index contributed by atoms with van der Waals surface area (Å²) in [5, 5.41) is 14.9. The first kappa shape index (κ1) is 44.2. The van der Waals surface area contributed by atoms with E-state index in [9.17, 15) is 24.3 Å². The zero-order chi connectivity index (χ0) is 48.4. The van der Waals surface area contributed by atoms with Gasteiger partial charge in [-0.25, -0.2) is 0 Å². The van der Waals surface area contributed by atoms with E-state index in [1.54, 1.807) is 4.68 Å². The van der Waals surface area contributed by atoms with Crippen molar-refractivity contribution in [3.8, 4) is 11.6 Å². The Bertz CT molecular complexity index is 1910. The van der Waals surface area contributed by atoms with Crippen LogP contribution in [0.3, 0.4) is 0 Å². The highest BCUT2D eigenvalue weighted by Crippen LogP contribution is 2.38. The van der Waals surface area contributed by atoms with E-state index in [1.807, 2.05) is 39.0 Å². The van der Waals surface area contributed by atoms with E-state index < -0.39 is 104 Å². The number of rotatable bonds is 16. The summed E-state index contributed by atoms with van der Waals surface area (Å²) in [5.74, 6) is -2.59. The number of aromatic nitrogens is 2. The zero-order valence-corrected chi connectivity index (χ0v) is 37.9. The lowest BCUT2D eigenvalue weighted by molar-refractivity contribution is -0.294. The van der Waals surface area contributed by atoms with Crippen molar-refractivity contribution in [1.29, 1.82) is 0 Å². The molecule has 3 rings (SSSR count). The van der Waals surface area contributed by atoms with Gasteiger partial charge in [-0.05, 0) is 126 Å².